The molecule has 1 aliphatic heterocycles. The fraction of sp³-hybridized carbons (Fsp3) is 0.214. The Morgan fingerprint density at radius 3 is 2.03 bits per heavy atom. The Morgan fingerprint density at radius 1 is 0.788 bits per heavy atom. The molecule has 0 aromatic heterocycles. The lowest BCUT2D eigenvalue weighted by Crippen LogP contribution is -2.32. The Hall–Kier alpha value is -3.86. The van der Waals surface area contributed by atoms with E-state index in [0.29, 0.717) is 23.4 Å². The number of nitrogens with zero attached hydrogens (tertiary/aromatic N) is 1. The van der Waals surface area contributed by atoms with Crippen molar-refractivity contribution < 1.29 is 14.3 Å². The highest BCUT2D eigenvalue weighted by molar-refractivity contribution is 6.36. The van der Waals surface area contributed by atoms with Gasteiger partial charge in [-0.1, -0.05) is 61.0 Å². The Morgan fingerprint density at radius 2 is 1.42 bits per heavy atom. The van der Waals surface area contributed by atoms with Crippen LogP contribution in [0.5, 0.6) is 5.75 Å². The number of imide groups is 1. The molecule has 4 rings (SSSR count). The number of benzene rings is 3. The van der Waals surface area contributed by atoms with Gasteiger partial charge in [-0.2, -0.15) is 0 Å². The lowest BCUT2D eigenvalue weighted by molar-refractivity contribution is -0.137. The molecular weight excluding hydrogens is 412 g/mol. The molecule has 5 nitrogen and oxygen atoms in total. The first-order valence-electron chi connectivity index (χ1n) is 11.2. The molecule has 1 N–H and O–H groups in total. The second kappa shape index (κ2) is 9.74. The predicted octanol–water partition coefficient (Wildman–Crippen LogP) is 5.35. The van der Waals surface area contributed by atoms with Crippen LogP contribution in [0.4, 0.5) is 5.69 Å². The summed E-state index contributed by atoms with van der Waals surface area (Å²) in [6.45, 7) is 6.80. The number of carbonyl (C=O) groups excluding carboxylic acids is 2. The number of carbonyl (C=O) groups is 2. The molecule has 0 radical (unpaired) electrons. The highest BCUT2D eigenvalue weighted by Crippen LogP contribution is 2.32. The van der Waals surface area contributed by atoms with Crippen molar-refractivity contribution in [3.05, 3.63) is 101 Å². The molecule has 0 atom stereocenters. The average molecular weight is 441 g/mol. The molecule has 5 heteroatoms. The predicted molar refractivity (Wildman–Crippen MR) is 131 cm³/mol. The Balaban J connectivity index is 1.70. The highest BCUT2D eigenvalue weighted by Gasteiger charge is 2.39. The van der Waals surface area contributed by atoms with Gasteiger partial charge < -0.3 is 10.1 Å². The zero-order chi connectivity index (χ0) is 23.4. The van der Waals surface area contributed by atoms with Gasteiger partial charge in [0.2, 0.25) is 0 Å². The number of aryl methyl sites for hydroxylation is 2. The van der Waals surface area contributed by atoms with Gasteiger partial charge in [0.15, 0.2) is 0 Å². The maximum absolute atomic E-state index is 13.5. The molecule has 3 aromatic rings. The SMILES string of the molecule is CCOc1ccc(C2=C(Nc3ccc(CC)cc3)C(=O)N(Cc3ccc(C)cc3)C2=O)cc1. The Bertz CT molecular complexity index is 1180. The monoisotopic (exact) mass is 440 g/mol. The van der Waals surface area contributed by atoms with E-state index in [4.69, 9.17) is 4.74 Å². The van der Waals surface area contributed by atoms with Crippen molar-refractivity contribution in [2.24, 2.45) is 0 Å². The van der Waals surface area contributed by atoms with E-state index in [9.17, 15) is 9.59 Å². The minimum atomic E-state index is -0.330. The summed E-state index contributed by atoms with van der Waals surface area (Å²) >= 11 is 0. The number of rotatable bonds is 8. The van der Waals surface area contributed by atoms with Gasteiger partial charge in [0.05, 0.1) is 18.7 Å². The van der Waals surface area contributed by atoms with Crippen LogP contribution in [0.15, 0.2) is 78.5 Å². The third kappa shape index (κ3) is 4.82. The maximum atomic E-state index is 13.5. The molecule has 0 saturated heterocycles. The largest absolute Gasteiger partial charge is 0.494 e. The van der Waals surface area contributed by atoms with Gasteiger partial charge in [0.1, 0.15) is 11.4 Å². The smallest absolute Gasteiger partial charge is 0.278 e. The summed E-state index contributed by atoms with van der Waals surface area (Å²) in [5.41, 5.74) is 5.34. The van der Waals surface area contributed by atoms with Crippen LogP contribution in [-0.2, 0) is 22.6 Å². The number of nitrogens with one attached hydrogen (secondary N) is 1. The standard InChI is InChI=1S/C28H28N2O3/c1-4-20-10-14-23(15-11-20)29-26-25(22-12-16-24(17-13-22)33-5-2)27(31)30(28(26)32)18-21-8-6-19(3)7-9-21/h6-17,29H,4-5,18H2,1-3H3. The third-order valence-corrected chi connectivity index (χ3v) is 5.71. The van der Waals surface area contributed by atoms with Crippen LogP contribution in [0.25, 0.3) is 5.57 Å². The van der Waals surface area contributed by atoms with E-state index in [1.807, 2.05) is 86.6 Å². The van der Waals surface area contributed by atoms with Gasteiger partial charge >= 0.3 is 0 Å². The minimum Gasteiger partial charge on any atom is -0.494 e. The van der Waals surface area contributed by atoms with E-state index in [1.165, 1.54) is 10.5 Å². The lowest BCUT2D eigenvalue weighted by Gasteiger charge is -2.15. The molecule has 0 fully saturated rings. The van der Waals surface area contributed by atoms with Crippen molar-refractivity contribution >= 4 is 23.1 Å². The molecule has 1 heterocycles. The van der Waals surface area contributed by atoms with Crippen molar-refractivity contribution in [2.45, 2.75) is 33.7 Å². The van der Waals surface area contributed by atoms with Gasteiger partial charge in [-0.25, -0.2) is 0 Å². The summed E-state index contributed by atoms with van der Waals surface area (Å²) in [4.78, 5) is 28.2. The quantitative estimate of drug-likeness (QED) is 0.480. The normalized spacial score (nSPS) is 13.6. The first kappa shape index (κ1) is 22.3. The van der Waals surface area contributed by atoms with Crippen LogP contribution in [-0.4, -0.2) is 23.3 Å². The molecule has 168 valence electrons. The van der Waals surface area contributed by atoms with Crippen molar-refractivity contribution in [3.8, 4) is 5.75 Å². The molecule has 3 aromatic carbocycles. The Kier molecular flexibility index (Phi) is 6.59. The molecule has 0 aliphatic carbocycles. The van der Waals surface area contributed by atoms with Crippen molar-refractivity contribution in [2.75, 3.05) is 11.9 Å². The van der Waals surface area contributed by atoms with Gasteiger partial charge in [-0.05, 0) is 61.2 Å². The van der Waals surface area contributed by atoms with Crippen LogP contribution < -0.4 is 10.1 Å². The van der Waals surface area contributed by atoms with Gasteiger partial charge in [0, 0.05) is 5.69 Å². The fourth-order valence-corrected chi connectivity index (χ4v) is 3.83. The zero-order valence-electron chi connectivity index (χ0n) is 19.2. The first-order chi connectivity index (χ1) is 16.0. The third-order valence-electron chi connectivity index (χ3n) is 5.71. The van der Waals surface area contributed by atoms with E-state index in [-0.39, 0.29) is 18.4 Å². The van der Waals surface area contributed by atoms with Crippen LogP contribution in [0.2, 0.25) is 0 Å². The van der Waals surface area contributed by atoms with E-state index >= 15 is 0 Å². The zero-order valence-corrected chi connectivity index (χ0v) is 19.2. The summed E-state index contributed by atoms with van der Waals surface area (Å²) in [5, 5.41) is 3.22. The fourth-order valence-electron chi connectivity index (χ4n) is 3.83. The van der Waals surface area contributed by atoms with Crippen LogP contribution in [0.1, 0.15) is 36.1 Å². The van der Waals surface area contributed by atoms with Gasteiger partial charge in [0.25, 0.3) is 11.8 Å². The highest BCUT2D eigenvalue weighted by atomic mass is 16.5. The molecule has 0 spiro atoms. The van der Waals surface area contributed by atoms with Crippen molar-refractivity contribution in [3.63, 3.8) is 0 Å². The average Bonchev–Trinajstić information content (AvgIpc) is 3.06. The topological polar surface area (TPSA) is 58.6 Å². The summed E-state index contributed by atoms with van der Waals surface area (Å²) in [6.07, 6.45) is 0.933. The molecule has 2 amide bonds. The Labute approximate surface area is 194 Å². The number of amides is 2. The second-order valence-electron chi connectivity index (χ2n) is 8.06. The van der Waals surface area contributed by atoms with Crippen molar-refractivity contribution in [1.82, 2.24) is 4.90 Å². The van der Waals surface area contributed by atoms with Gasteiger partial charge in [-0.15, -0.1) is 0 Å². The molecule has 0 bridgehead atoms. The summed E-state index contributed by atoms with van der Waals surface area (Å²) in [5.74, 6) is 0.0845. The van der Waals surface area contributed by atoms with Crippen LogP contribution in [0.3, 0.4) is 0 Å². The number of ether oxygens (including phenoxy) is 1. The number of anilines is 1. The second-order valence-corrected chi connectivity index (χ2v) is 8.06. The molecule has 1 aliphatic rings. The van der Waals surface area contributed by atoms with E-state index in [0.717, 1.165) is 29.0 Å². The van der Waals surface area contributed by atoms with Gasteiger partial charge in [-0.3, -0.25) is 14.5 Å². The number of hydrogen-bond acceptors (Lipinski definition) is 4. The van der Waals surface area contributed by atoms with Crippen LogP contribution in [0, 0.1) is 6.92 Å². The minimum absolute atomic E-state index is 0.221. The molecule has 0 unspecified atom stereocenters. The molecule has 33 heavy (non-hydrogen) atoms. The summed E-state index contributed by atoms with van der Waals surface area (Å²) in [6, 6.07) is 23.0. The number of hydrogen-bond donors (Lipinski definition) is 1. The van der Waals surface area contributed by atoms with Crippen LogP contribution >= 0.6 is 0 Å². The summed E-state index contributed by atoms with van der Waals surface area (Å²) < 4.78 is 5.53. The maximum Gasteiger partial charge on any atom is 0.278 e. The summed E-state index contributed by atoms with van der Waals surface area (Å²) in [7, 11) is 0. The molecular formula is C28H28N2O3. The first-order valence-corrected chi connectivity index (χ1v) is 11.2. The lowest BCUT2D eigenvalue weighted by atomic mass is 10.0. The van der Waals surface area contributed by atoms with E-state index < -0.39 is 0 Å². The van der Waals surface area contributed by atoms with Crippen molar-refractivity contribution in [1.29, 1.82) is 0 Å². The molecule has 0 saturated carbocycles. The van der Waals surface area contributed by atoms with E-state index in [1.54, 1.807) is 0 Å². The van der Waals surface area contributed by atoms with E-state index in [2.05, 4.69) is 12.2 Å².